The van der Waals surface area contributed by atoms with Crippen molar-refractivity contribution in [2.75, 3.05) is 12.4 Å². The molecule has 2 aliphatic rings. The van der Waals surface area contributed by atoms with Crippen molar-refractivity contribution >= 4 is 17.7 Å². The van der Waals surface area contributed by atoms with Gasteiger partial charge in [-0.3, -0.25) is 4.79 Å². The lowest BCUT2D eigenvalue weighted by Gasteiger charge is -2.48. The van der Waals surface area contributed by atoms with Gasteiger partial charge in [0.2, 0.25) is 0 Å². The van der Waals surface area contributed by atoms with Crippen LogP contribution in [0.15, 0.2) is 60.7 Å². The van der Waals surface area contributed by atoms with Crippen LogP contribution < -0.4 is 0 Å². The number of carbonyl (C=O) groups is 1. The molecule has 4 rings (SSSR count). The van der Waals surface area contributed by atoms with Crippen LogP contribution >= 0.6 is 11.8 Å². The van der Waals surface area contributed by atoms with Gasteiger partial charge in [0.25, 0.3) is 0 Å². The molecule has 6 nitrogen and oxygen atoms in total. The first-order valence-corrected chi connectivity index (χ1v) is 11.6. The minimum Gasteiger partial charge on any atom is -0.456 e. The second-order valence-corrected chi connectivity index (χ2v) is 8.89. The summed E-state index contributed by atoms with van der Waals surface area (Å²) in [6.45, 7) is 4.22. The van der Waals surface area contributed by atoms with Crippen LogP contribution in [-0.4, -0.2) is 48.2 Å². The first-order valence-electron chi connectivity index (χ1n) is 10.6. The van der Waals surface area contributed by atoms with Crippen LogP contribution in [0.25, 0.3) is 0 Å². The van der Waals surface area contributed by atoms with Crippen LogP contribution in [0.3, 0.4) is 0 Å². The van der Waals surface area contributed by atoms with E-state index in [2.05, 4.69) is 0 Å². The topological polar surface area (TPSA) is 63.2 Å². The van der Waals surface area contributed by atoms with Crippen LogP contribution in [-0.2, 0) is 35.1 Å². The molecule has 0 saturated carbocycles. The highest BCUT2D eigenvalue weighted by molar-refractivity contribution is 7.99. The van der Waals surface area contributed by atoms with Crippen LogP contribution in [0, 0.1) is 0 Å². The van der Waals surface area contributed by atoms with Crippen molar-refractivity contribution in [3.05, 3.63) is 71.8 Å². The van der Waals surface area contributed by atoms with Gasteiger partial charge in [-0.15, -0.1) is 11.8 Å². The van der Waals surface area contributed by atoms with Gasteiger partial charge in [-0.2, -0.15) is 0 Å². The maximum atomic E-state index is 11.9. The lowest BCUT2D eigenvalue weighted by atomic mass is 9.98. The zero-order chi connectivity index (χ0) is 21.6. The van der Waals surface area contributed by atoms with E-state index in [0.717, 1.165) is 16.9 Å². The van der Waals surface area contributed by atoms with E-state index in [1.54, 1.807) is 11.8 Å². The summed E-state index contributed by atoms with van der Waals surface area (Å²) in [7, 11) is 0. The minimum absolute atomic E-state index is 0.309. The summed E-state index contributed by atoms with van der Waals surface area (Å²) in [6.07, 6.45) is -2.33. The Morgan fingerprint density at radius 1 is 1.03 bits per heavy atom. The second-order valence-electron chi connectivity index (χ2n) is 7.51. The molecule has 0 unspecified atom stereocenters. The third-order valence-corrected chi connectivity index (χ3v) is 6.32. The molecular formula is C24H28O6S. The molecule has 2 heterocycles. The number of thioether (sulfide) groups is 1. The van der Waals surface area contributed by atoms with Crippen LogP contribution in [0.1, 0.15) is 31.3 Å². The highest BCUT2D eigenvalue weighted by atomic mass is 32.2. The molecule has 6 atom stereocenters. The average Bonchev–Trinajstić information content (AvgIpc) is 2.79. The summed E-state index contributed by atoms with van der Waals surface area (Å²) in [5, 5.41) is 0. The predicted octanol–water partition coefficient (Wildman–Crippen LogP) is 4.10. The molecule has 0 spiro atoms. The molecule has 0 amide bonds. The van der Waals surface area contributed by atoms with Gasteiger partial charge >= 0.3 is 5.97 Å². The van der Waals surface area contributed by atoms with Gasteiger partial charge < -0.3 is 23.7 Å². The maximum Gasteiger partial charge on any atom is 0.303 e. The lowest BCUT2D eigenvalue weighted by molar-refractivity contribution is -0.326. The van der Waals surface area contributed by atoms with Gasteiger partial charge in [-0.25, -0.2) is 0 Å². The third kappa shape index (κ3) is 5.48. The molecule has 0 aliphatic carbocycles. The molecular weight excluding hydrogens is 416 g/mol. The van der Waals surface area contributed by atoms with E-state index >= 15 is 0 Å². The van der Waals surface area contributed by atoms with Gasteiger partial charge in [0.1, 0.15) is 23.7 Å². The van der Waals surface area contributed by atoms with E-state index in [-0.39, 0.29) is 17.5 Å². The minimum atomic E-state index is -0.582. The molecule has 2 aromatic rings. The highest BCUT2D eigenvalue weighted by Crippen LogP contribution is 2.39. The molecule has 2 fully saturated rings. The van der Waals surface area contributed by atoms with Crippen molar-refractivity contribution in [1.29, 1.82) is 0 Å². The number of benzene rings is 2. The fraction of sp³-hybridized carbons (Fsp3) is 0.458. The highest BCUT2D eigenvalue weighted by Gasteiger charge is 2.52. The molecule has 0 bridgehead atoms. The number of carbonyl (C=O) groups excluding carboxylic acids is 1. The predicted molar refractivity (Wildman–Crippen MR) is 117 cm³/mol. The molecule has 2 saturated heterocycles. The molecule has 166 valence electrons. The van der Waals surface area contributed by atoms with Crippen molar-refractivity contribution in [3.8, 4) is 0 Å². The van der Waals surface area contributed by atoms with E-state index in [4.69, 9.17) is 23.7 Å². The second kappa shape index (κ2) is 10.6. The number of hydrogen-bond acceptors (Lipinski definition) is 7. The maximum absolute atomic E-state index is 11.9. The van der Waals surface area contributed by atoms with Gasteiger partial charge in [-0.05, 0) is 11.3 Å². The zero-order valence-corrected chi connectivity index (χ0v) is 18.5. The van der Waals surface area contributed by atoms with Gasteiger partial charge in [0.05, 0.1) is 13.2 Å². The quantitative estimate of drug-likeness (QED) is 0.596. The smallest absolute Gasteiger partial charge is 0.303 e. The van der Waals surface area contributed by atoms with Crippen molar-refractivity contribution in [2.45, 2.75) is 56.6 Å². The number of ether oxygens (including phenoxy) is 5. The van der Waals surface area contributed by atoms with E-state index in [0.29, 0.717) is 13.2 Å². The molecule has 0 aromatic heterocycles. The normalized spacial score (nSPS) is 30.4. The lowest BCUT2D eigenvalue weighted by Crippen LogP contribution is -2.62. The van der Waals surface area contributed by atoms with Crippen LogP contribution in [0.2, 0.25) is 0 Å². The molecule has 0 N–H and O–H groups in total. The Morgan fingerprint density at radius 2 is 1.74 bits per heavy atom. The molecule has 2 aromatic carbocycles. The van der Waals surface area contributed by atoms with Crippen molar-refractivity contribution < 1.29 is 28.5 Å². The first-order chi connectivity index (χ1) is 15.2. The van der Waals surface area contributed by atoms with Crippen molar-refractivity contribution in [2.24, 2.45) is 0 Å². The summed E-state index contributed by atoms with van der Waals surface area (Å²) in [5.41, 5.74) is 1.62. The number of rotatable bonds is 7. The molecule has 2 aliphatic heterocycles. The van der Waals surface area contributed by atoms with Crippen molar-refractivity contribution in [1.82, 2.24) is 0 Å². The first kappa shape index (κ1) is 22.3. The summed E-state index contributed by atoms with van der Waals surface area (Å²) >= 11 is 1.59. The summed E-state index contributed by atoms with van der Waals surface area (Å²) in [5.74, 6) is 0.452. The Morgan fingerprint density at radius 3 is 2.42 bits per heavy atom. The van der Waals surface area contributed by atoms with Gasteiger partial charge in [0.15, 0.2) is 12.4 Å². The Labute approximate surface area is 187 Å². The Balaban J connectivity index is 1.59. The monoisotopic (exact) mass is 444 g/mol. The largest absolute Gasteiger partial charge is 0.456 e. The van der Waals surface area contributed by atoms with E-state index in [9.17, 15) is 4.79 Å². The van der Waals surface area contributed by atoms with E-state index in [1.807, 2.05) is 67.6 Å². The van der Waals surface area contributed by atoms with Crippen molar-refractivity contribution in [3.63, 3.8) is 0 Å². The fourth-order valence-corrected chi connectivity index (χ4v) is 4.85. The molecule has 0 radical (unpaired) electrons. The SMILES string of the molecule is CCS[C@H]1O[C@@H]2CO[C@@H](c3ccccc3)O[C@H]2[C@H](OCc2ccccc2)[C@@H]1OC(C)=O. The van der Waals surface area contributed by atoms with E-state index < -0.39 is 24.6 Å². The number of hydrogen-bond donors (Lipinski definition) is 0. The summed E-state index contributed by atoms with van der Waals surface area (Å²) in [6, 6.07) is 19.7. The molecule has 31 heavy (non-hydrogen) atoms. The summed E-state index contributed by atoms with van der Waals surface area (Å²) < 4.78 is 30.7. The zero-order valence-electron chi connectivity index (χ0n) is 17.7. The van der Waals surface area contributed by atoms with Gasteiger partial charge in [0, 0.05) is 12.5 Å². The fourth-order valence-electron chi connectivity index (χ4n) is 3.90. The van der Waals surface area contributed by atoms with Crippen LogP contribution in [0.4, 0.5) is 0 Å². The third-order valence-electron chi connectivity index (χ3n) is 5.27. The standard InChI is InChI=1S/C24H28O6S/c1-3-31-24-22(28-16(2)25)21(26-14-17-10-6-4-7-11-17)20-19(29-24)15-27-23(30-20)18-12-8-5-9-13-18/h4-13,19-24H,3,14-15H2,1-2H3/t19-,20-,21+,22+,23-,24-/m1/s1. The summed E-state index contributed by atoms with van der Waals surface area (Å²) in [4.78, 5) is 11.9. The van der Waals surface area contributed by atoms with Gasteiger partial charge in [-0.1, -0.05) is 67.6 Å². The Hall–Kier alpha value is -1.90. The number of fused-ring (bicyclic) bond motifs is 1. The Bertz CT molecular complexity index is 832. The molecule has 7 heteroatoms. The van der Waals surface area contributed by atoms with E-state index in [1.165, 1.54) is 6.92 Å². The Kier molecular flexibility index (Phi) is 7.63. The number of esters is 1. The average molecular weight is 445 g/mol. The van der Waals surface area contributed by atoms with Crippen LogP contribution in [0.5, 0.6) is 0 Å².